The van der Waals surface area contributed by atoms with E-state index in [4.69, 9.17) is 5.73 Å². The third kappa shape index (κ3) is 5.88. The summed E-state index contributed by atoms with van der Waals surface area (Å²) in [6.07, 6.45) is 4.88. The Kier molecular flexibility index (Phi) is 5.16. The molecule has 0 aliphatic carbocycles. The van der Waals surface area contributed by atoms with Crippen LogP contribution < -0.4 is 11.1 Å². The minimum atomic E-state index is -0.532. The maximum atomic E-state index is 10.4. The molecule has 0 saturated carbocycles. The van der Waals surface area contributed by atoms with Crippen molar-refractivity contribution < 1.29 is 4.79 Å². The second-order valence-corrected chi connectivity index (χ2v) is 3.26. The number of carbonyl (C=O) groups is 1. The summed E-state index contributed by atoms with van der Waals surface area (Å²) in [7, 11) is 0. The van der Waals surface area contributed by atoms with E-state index in [1.54, 1.807) is 24.5 Å². The van der Waals surface area contributed by atoms with E-state index in [0.29, 0.717) is 0 Å². The molecule has 0 aliphatic heterocycles. The minimum absolute atomic E-state index is 0.532. The van der Waals surface area contributed by atoms with Crippen LogP contribution in [-0.2, 0) is 0 Å². The summed E-state index contributed by atoms with van der Waals surface area (Å²) >= 11 is 0. The van der Waals surface area contributed by atoms with Crippen molar-refractivity contribution in [3.8, 4) is 0 Å². The lowest BCUT2D eigenvalue weighted by Crippen LogP contribution is -2.19. The Morgan fingerprint density at radius 3 is 2.35 bits per heavy atom. The van der Waals surface area contributed by atoms with Crippen molar-refractivity contribution in [2.75, 3.05) is 5.32 Å². The van der Waals surface area contributed by atoms with E-state index in [-0.39, 0.29) is 0 Å². The lowest BCUT2D eigenvalue weighted by molar-refractivity contribution is 0.259. The highest BCUT2D eigenvalue weighted by molar-refractivity contribution is 5.87. The Morgan fingerprint density at radius 1 is 1.24 bits per heavy atom. The van der Waals surface area contributed by atoms with Gasteiger partial charge in [0, 0.05) is 18.1 Å². The number of anilines is 1. The molecule has 1 aromatic heterocycles. The lowest BCUT2D eigenvalue weighted by Gasteiger charge is -2.00. The van der Waals surface area contributed by atoms with Crippen LogP contribution >= 0.6 is 0 Å². The predicted octanol–water partition coefficient (Wildman–Crippen LogP) is 1.96. The number of primary amides is 1. The van der Waals surface area contributed by atoms with Crippen LogP contribution in [0.5, 0.6) is 0 Å². The number of nitrogens with zero attached hydrogens (tertiary/aromatic N) is 2. The summed E-state index contributed by atoms with van der Waals surface area (Å²) in [5.74, 6) is 0. The number of hydrogen-bond acceptors (Lipinski definition) is 3. The summed E-state index contributed by atoms with van der Waals surface area (Å²) in [5.41, 5.74) is 6.75. The predicted molar refractivity (Wildman–Crippen MR) is 66.4 cm³/mol. The fraction of sp³-hybridized carbons (Fsp3) is 0.0833. The molecule has 0 saturated heterocycles. The lowest BCUT2D eigenvalue weighted by atomic mass is 10.2. The Morgan fingerprint density at radius 2 is 1.94 bits per heavy atom. The number of amides is 2. The first-order valence-electron chi connectivity index (χ1n) is 5.01. The zero-order chi connectivity index (χ0) is 12.5. The number of aryl methyl sites for hydroxylation is 1. The van der Waals surface area contributed by atoms with Gasteiger partial charge < -0.3 is 11.1 Å². The fourth-order valence-electron chi connectivity index (χ4n) is 1.12. The highest BCUT2D eigenvalue weighted by Gasteiger charge is 1.93. The molecule has 5 nitrogen and oxygen atoms in total. The molecule has 2 aromatic rings. The highest BCUT2D eigenvalue weighted by atomic mass is 16.2. The molecule has 0 atom stereocenters. The molecule has 5 heteroatoms. The molecule has 0 spiro atoms. The number of benzene rings is 1. The molecular weight excluding hydrogens is 216 g/mol. The maximum Gasteiger partial charge on any atom is 0.316 e. The van der Waals surface area contributed by atoms with E-state index in [1.165, 1.54) is 6.33 Å². The molecule has 0 fully saturated rings. The van der Waals surface area contributed by atoms with Gasteiger partial charge in [-0.25, -0.2) is 14.8 Å². The summed E-state index contributed by atoms with van der Waals surface area (Å²) in [5, 5.41) is 2.48. The van der Waals surface area contributed by atoms with Gasteiger partial charge in [-0.3, -0.25) is 0 Å². The molecule has 2 rings (SSSR count). The molecule has 17 heavy (non-hydrogen) atoms. The molecule has 0 radical (unpaired) electrons. The molecule has 3 N–H and O–H groups in total. The number of nitrogens with two attached hydrogens (primary N) is 1. The van der Waals surface area contributed by atoms with Gasteiger partial charge >= 0.3 is 6.03 Å². The van der Waals surface area contributed by atoms with Gasteiger partial charge in [0.05, 0.1) is 0 Å². The number of carbonyl (C=O) groups excluding carboxylic acids is 1. The van der Waals surface area contributed by atoms with E-state index in [9.17, 15) is 4.79 Å². The first-order chi connectivity index (χ1) is 8.18. The van der Waals surface area contributed by atoms with E-state index >= 15 is 0 Å². The molecule has 88 valence electrons. The van der Waals surface area contributed by atoms with Crippen molar-refractivity contribution >= 4 is 11.7 Å². The molecule has 0 bridgehead atoms. The average Bonchev–Trinajstić information content (AvgIpc) is 2.31. The van der Waals surface area contributed by atoms with Gasteiger partial charge in [-0.1, -0.05) is 12.1 Å². The van der Waals surface area contributed by atoms with Crippen molar-refractivity contribution in [2.45, 2.75) is 6.92 Å². The van der Waals surface area contributed by atoms with Crippen LogP contribution in [0.4, 0.5) is 10.5 Å². The Hall–Kier alpha value is -2.43. The van der Waals surface area contributed by atoms with Gasteiger partial charge in [0.2, 0.25) is 0 Å². The standard InChI is InChI=1S/C8H10N2O.C4H4N2/c1-6-3-2-4-7(5-6)10-8(9)11;1-2-5-4-6-3-1/h2-5H,1H3,(H3,9,10,11);1-4H. The molecule has 2 amide bonds. The SMILES string of the molecule is Cc1cccc(NC(N)=O)c1.c1cncnc1. The Balaban J connectivity index is 0.000000202. The van der Waals surface area contributed by atoms with Gasteiger partial charge in [-0.15, -0.1) is 0 Å². The highest BCUT2D eigenvalue weighted by Crippen LogP contribution is 2.08. The molecule has 1 aromatic carbocycles. The van der Waals surface area contributed by atoms with E-state index in [0.717, 1.165) is 11.3 Å². The topological polar surface area (TPSA) is 80.9 Å². The van der Waals surface area contributed by atoms with Crippen LogP contribution in [0.1, 0.15) is 5.56 Å². The van der Waals surface area contributed by atoms with Crippen molar-refractivity contribution in [1.29, 1.82) is 0 Å². The van der Waals surface area contributed by atoms with Crippen LogP contribution in [-0.4, -0.2) is 16.0 Å². The average molecular weight is 230 g/mol. The third-order valence-corrected chi connectivity index (χ3v) is 1.76. The maximum absolute atomic E-state index is 10.4. The second kappa shape index (κ2) is 6.95. The van der Waals surface area contributed by atoms with Crippen molar-refractivity contribution in [3.05, 3.63) is 54.6 Å². The largest absolute Gasteiger partial charge is 0.351 e. The fourth-order valence-corrected chi connectivity index (χ4v) is 1.12. The van der Waals surface area contributed by atoms with E-state index in [1.807, 2.05) is 25.1 Å². The van der Waals surface area contributed by atoms with Crippen molar-refractivity contribution in [1.82, 2.24) is 9.97 Å². The van der Waals surface area contributed by atoms with Crippen LogP contribution in [0.15, 0.2) is 49.1 Å². The smallest absolute Gasteiger partial charge is 0.316 e. The first-order valence-corrected chi connectivity index (χ1v) is 5.01. The Bertz CT molecular complexity index is 432. The first kappa shape index (κ1) is 12.6. The normalized spacial score (nSPS) is 8.76. The van der Waals surface area contributed by atoms with Crippen LogP contribution in [0.3, 0.4) is 0 Å². The van der Waals surface area contributed by atoms with Crippen molar-refractivity contribution in [3.63, 3.8) is 0 Å². The quantitative estimate of drug-likeness (QED) is 0.785. The number of rotatable bonds is 1. The third-order valence-electron chi connectivity index (χ3n) is 1.76. The summed E-state index contributed by atoms with van der Waals surface area (Å²) in [4.78, 5) is 17.7. The Labute approximate surface area is 99.7 Å². The summed E-state index contributed by atoms with van der Waals surface area (Å²) in [6, 6.07) is 8.70. The van der Waals surface area contributed by atoms with Crippen LogP contribution in [0, 0.1) is 6.92 Å². The van der Waals surface area contributed by atoms with E-state index in [2.05, 4.69) is 15.3 Å². The van der Waals surface area contributed by atoms with Crippen LogP contribution in [0.25, 0.3) is 0 Å². The minimum Gasteiger partial charge on any atom is -0.351 e. The number of hydrogen-bond donors (Lipinski definition) is 2. The summed E-state index contributed by atoms with van der Waals surface area (Å²) < 4.78 is 0. The number of nitrogens with one attached hydrogen (secondary N) is 1. The molecule has 1 heterocycles. The van der Waals surface area contributed by atoms with Gasteiger partial charge in [0.25, 0.3) is 0 Å². The zero-order valence-corrected chi connectivity index (χ0v) is 9.50. The van der Waals surface area contributed by atoms with Crippen LogP contribution in [0.2, 0.25) is 0 Å². The van der Waals surface area contributed by atoms with E-state index < -0.39 is 6.03 Å². The van der Waals surface area contributed by atoms with Crippen molar-refractivity contribution in [2.24, 2.45) is 5.73 Å². The van der Waals surface area contributed by atoms with Gasteiger partial charge in [-0.05, 0) is 30.7 Å². The van der Waals surface area contributed by atoms with Gasteiger partial charge in [-0.2, -0.15) is 0 Å². The number of aromatic nitrogens is 2. The second-order valence-electron chi connectivity index (χ2n) is 3.26. The molecule has 0 aliphatic rings. The molecular formula is C12H14N4O. The van der Waals surface area contributed by atoms with Gasteiger partial charge in [0.15, 0.2) is 0 Å². The van der Waals surface area contributed by atoms with Gasteiger partial charge in [0.1, 0.15) is 6.33 Å². The summed E-state index contributed by atoms with van der Waals surface area (Å²) in [6.45, 7) is 1.95. The molecule has 0 unspecified atom stereocenters. The zero-order valence-electron chi connectivity index (χ0n) is 9.50. The monoisotopic (exact) mass is 230 g/mol. The number of urea groups is 1.